The number of piperidine rings is 1. The van der Waals surface area contributed by atoms with Gasteiger partial charge < -0.3 is 16.0 Å². The number of nitrogens with zero attached hydrogens (tertiary/aromatic N) is 1. The van der Waals surface area contributed by atoms with Gasteiger partial charge in [0.1, 0.15) is 5.82 Å². The number of nitriles is 1. The van der Waals surface area contributed by atoms with Crippen LogP contribution in [-0.4, -0.2) is 27.2 Å². The smallest absolute Gasteiger partial charge is 0.388 e. The molecule has 1 aliphatic heterocycles. The van der Waals surface area contributed by atoms with E-state index in [2.05, 4.69) is 103 Å². The zero-order chi connectivity index (χ0) is 36.0. The molecule has 1 saturated heterocycles. The molecule has 4 aromatic carbocycles. The van der Waals surface area contributed by atoms with E-state index in [4.69, 9.17) is 5.26 Å². The number of hydrogen-bond acceptors (Lipinski definition) is 5. The van der Waals surface area contributed by atoms with E-state index < -0.39 is 11.7 Å². The molecule has 1 heterocycles. The second-order valence-electron chi connectivity index (χ2n) is 12.0. The predicted octanol–water partition coefficient (Wildman–Crippen LogP) is 10.0. The monoisotopic (exact) mass is 688 g/mol. The van der Waals surface area contributed by atoms with Crippen LogP contribution in [0.4, 0.5) is 23.2 Å². The number of allylic oxidation sites excluding steroid dienone is 1. The Morgan fingerprint density at radius 3 is 2.14 bits per heavy atom. The molecule has 0 aromatic heterocycles. The first kappa shape index (κ1) is 38.9. The molecule has 0 spiro atoms. The van der Waals surface area contributed by atoms with Gasteiger partial charge >= 0.3 is 6.18 Å². The Kier molecular flexibility index (Phi) is 14.5. The Labute approximate surface area is 293 Å². The summed E-state index contributed by atoms with van der Waals surface area (Å²) < 4.78 is 49.2. The number of halogens is 4. The second kappa shape index (κ2) is 18.3. The Hall–Kier alpha value is -4.52. The summed E-state index contributed by atoms with van der Waals surface area (Å²) in [5, 5.41) is 17.7. The lowest BCUT2D eigenvalue weighted by Gasteiger charge is -2.38. The van der Waals surface area contributed by atoms with Crippen LogP contribution in [0.5, 0.6) is 0 Å². The van der Waals surface area contributed by atoms with Crippen molar-refractivity contribution in [2.24, 2.45) is 11.3 Å². The molecule has 258 valence electrons. The fourth-order valence-corrected chi connectivity index (χ4v) is 5.82. The van der Waals surface area contributed by atoms with Crippen molar-refractivity contribution in [3.63, 3.8) is 0 Å². The zero-order valence-corrected chi connectivity index (χ0v) is 29.1. The van der Waals surface area contributed by atoms with E-state index in [1.807, 2.05) is 7.05 Å². The molecule has 3 N–H and O–H groups in total. The van der Waals surface area contributed by atoms with Crippen molar-refractivity contribution in [3.8, 4) is 17.2 Å². The van der Waals surface area contributed by atoms with E-state index in [9.17, 15) is 17.6 Å². The van der Waals surface area contributed by atoms with Crippen LogP contribution in [0.2, 0.25) is 0 Å². The summed E-state index contributed by atoms with van der Waals surface area (Å²) in [6.45, 7) is 12.9. The Morgan fingerprint density at radius 2 is 1.59 bits per heavy atom. The molecule has 0 amide bonds. The molecule has 0 saturated carbocycles. The Bertz CT molecular complexity index is 1700. The van der Waals surface area contributed by atoms with E-state index in [-0.39, 0.29) is 16.8 Å². The van der Waals surface area contributed by atoms with Crippen molar-refractivity contribution in [2.45, 2.75) is 37.3 Å². The minimum Gasteiger partial charge on any atom is -0.388 e. The van der Waals surface area contributed by atoms with Crippen LogP contribution in [0.25, 0.3) is 16.8 Å². The second-order valence-corrected chi connectivity index (χ2v) is 12.5. The molecule has 4 nitrogen and oxygen atoms in total. The van der Waals surface area contributed by atoms with Crippen LogP contribution in [-0.2, 0) is 12.6 Å². The zero-order valence-electron chi connectivity index (χ0n) is 28.2. The van der Waals surface area contributed by atoms with Gasteiger partial charge in [-0.15, -0.1) is 19.2 Å². The topological polar surface area (TPSA) is 59.9 Å². The first-order valence-corrected chi connectivity index (χ1v) is 16.4. The number of thiol groups is 1. The van der Waals surface area contributed by atoms with E-state index in [1.165, 1.54) is 60.8 Å². The van der Waals surface area contributed by atoms with Crippen molar-refractivity contribution in [2.75, 3.05) is 32.5 Å². The van der Waals surface area contributed by atoms with Crippen molar-refractivity contribution >= 4 is 24.0 Å². The lowest BCUT2D eigenvalue weighted by Crippen LogP contribution is -2.37. The number of hydrogen-bond donors (Lipinski definition) is 4. The summed E-state index contributed by atoms with van der Waals surface area (Å²) in [5.74, 6) is 0.477. The van der Waals surface area contributed by atoms with Crippen molar-refractivity contribution in [1.29, 1.82) is 5.26 Å². The van der Waals surface area contributed by atoms with Gasteiger partial charge in [0.15, 0.2) is 0 Å². The highest BCUT2D eigenvalue weighted by Crippen LogP contribution is 2.39. The summed E-state index contributed by atoms with van der Waals surface area (Å²) in [6, 6.07) is 28.5. The highest BCUT2D eigenvalue weighted by atomic mass is 32.1. The number of nitrogens with one attached hydrogen (secondary N) is 3. The van der Waals surface area contributed by atoms with Gasteiger partial charge in [0, 0.05) is 30.4 Å². The van der Waals surface area contributed by atoms with Crippen molar-refractivity contribution < 1.29 is 17.6 Å². The summed E-state index contributed by atoms with van der Waals surface area (Å²) >= 11 is 3.97. The van der Waals surface area contributed by atoms with Crippen LogP contribution in [0, 0.1) is 28.5 Å². The fraction of sp³-hybridized carbons (Fsp3) is 0.275. The van der Waals surface area contributed by atoms with E-state index in [0.717, 1.165) is 47.8 Å². The van der Waals surface area contributed by atoms with E-state index in [0.29, 0.717) is 11.6 Å². The highest BCUT2D eigenvalue weighted by Gasteiger charge is 2.34. The number of benzene rings is 4. The summed E-state index contributed by atoms with van der Waals surface area (Å²) in [7, 11) is 3.42. The van der Waals surface area contributed by atoms with Gasteiger partial charge in [-0.1, -0.05) is 62.0 Å². The van der Waals surface area contributed by atoms with Gasteiger partial charge in [-0.05, 0) is 114 Å². The molecule has 1 fully saturated rings. The van der Waals surface area contributed by atoms with Gasteiger partial charge in [0.25, 0.3) is 0 Å². The number of anilines is 1. The van der Waals surface area contributed by atoms with Crippen LogP contribution in [0.15, 0.2) is 115 Å². The number of rotatable bonds is 8. The van der Waals surface area contributed by atoms with Crippen LogP contribution in [0.3, 0.4) is 0 Å². The predicted molar refractivity (Wildman–Crippen MR) is 197 cm³/mol. The molecule has 5 rings (SSSR count). The molecule has 9 heteroatoms. The van der Waals surface area contributed by atoms with E-state index in [1.54, 1.807) is 12.1 Å². The van der Waals surface area contributed by atoms with E-state index >= 15 is 0 Å². The Morgan fingerprint density at radius 1 is 0.959 bits per heavy atom. The molecule has 0 radical (unpaired) electrons. The normalized spacial score (nSPS) is 14.0. The third-order valence-corrected chi connectivity index (χ3v) is 8.96. The summed E-state index contributed by atoms with van der Waals surface area (Å²) in [6.07, 6.45) is 1.20. The molecule has 1 atom stereocenters. The maximum absolute atomic E-state index is 12.4. The third-order valence-electron chi connectivity index (χ3n) is 8.66. The minimum absolute atomic E-state index is 0.142. The molecular weight excluding hydrogens is 645 g/mol. The first-order chi connectivity index (χ1) is 23.3. The fourth-order valence-electron chi connectivity index (χ4n) is 5.67. The molecule has 4 aromatic rings. The van der Waals surface area contributed by atoms with Gasteiger partial charge in [0.05, 0.1) is 17.2 Å². The largest absolute Gasteiger partial charge is 0.417 e. The third kappa shape index (κ3) is 11.6. The van der Waals surface area contributed by atoms with Gasteiger partial charge in [0.2, 0.25) is 0 Å². The van der Waals surface area contributed by atoms with Crippen molar-refractivity contribution in [3.05, 3.63) is 138 Å². The van der Waals surface area contributed by atoms with Crippen LogP contribution < -0.4 is 16.0 Å². The maximum atomic E-state index is 12.4. The van der Waals surface area contributed by atoms with Crippen molar-refractivity contribution in [1.82, 2.24) is 10.6 Å². The Balaban J connectivity index is 0.000000244. The quantitative estimate of drug-likeness (QED) is 0.0846. The molecule has 1 unspecified atom stereocenters. The molecule has 49 heavy (non-hydrogen) atoms. The highest BCUT2D eigenvalue weighted by molar-refractivity contribution is 7.80. The van der Waals surface area contributed by atoms with Gasteiger partial charge in [-0.25, -0.2) is 4.39 Å². The standard InChI is InChI=1S/C25H32N2.C9H7F3N2.C6H5FS/c1-5-25(3,24-12-14-27-15-13-24)18-20-8-6-10-22(16-20)23-11-7-9-21(17-23)19(2)26-4;1-14-7-3-2-6(5-13)8(4-7)9(10,11)12;7-5-1-3-6(8)4-2-5/h5-11,16-17,24,26-27H,1-2,12-15,18H2,3-4H3;2-4,14H,1H3;1-4,8H. The minimum atomic E-state index is -4.49. The SMILES string of the molecule is C=CC(C)(Cc1cccc(-c2cccc(C(=C)NC)c2)c1)C1CCNCC1.CNc1ccc(C#N)c(C(F)(F)F)c1.Fc1ccc(S)cc1. The summed E-state index contributed by atoms with van der Waals surface area (Å²) in [5.41, 5.74) is 5.14. The summed E-state index contributed by atoms with van der Waals surface area (Å²) in [4.78, 5) is 0.784. The molecular formula is C40H44F4N4S. The lowest BCUT2D eigenvalue weighted by molar-refractivity contribution is -0.137. The molecule has 0 aliphatic carbocycles. The first-order valence-electron chi connectivity index (χ1n) is 16.0. The van der Waals surface area contributed by atoms with Crippen LogP contribution in [0.1, 0.15) is 42.0 Å². The average molecular weight is 689 g/mol. The number of alkyl halides is 3. The molecule has 0 bridgehead atoms. The lowest BCUT2D eigenvalue weighted by atomic mass is 9.69. The maximum Gasteiger partial charge on any atom is 0.417 e. The van der Waals surface area contributed by atoms with Gasteiger partial charge in [-0.2, -0.15) is 18.4 Å². The van der Waals surface area contributed by atoms with Crippen LogP contribution >= 0.6 is 12.6 Å². The average Bonchev–Trinajstić information content (AvgIpc) is 3.12. The molecule has 1 aliphatic rings. The van der Waals surface area contributed by atoms with Gasteiger partial charge in [-0.3, -0.25) is 0 Å².